The lowest BCUT2D eigenvalue weighted by Gasteiger charge is -2.13. The SMILES string of the molecule is COC(=O)C(C)Oc1ccc(CNc2cccc(CCC(=O)O)c2)cc1. The molecular weight excluding hydrogens is 334 g/mol. The first kappa shape index (κ1) is 19.3. The number of aliphatic carboxylic acids is 1. The summed E-state index contributed by atoms with van der Waals surface area (Å²) >= 11 is 0. The van der Waals surface area contributed by atoms with E-state index >= 15 is 0 Å². The van der Waals surface area contributed by atoms with Gasteiger partial charge in [-0.2, -0.15) is 0 Å². The Bertz CT molecular complexity index is 742. The number of hydrogen-bond acceptors (Lipinski definition) is 5. The van der Waals surface area contributed by atoms with Gasteiger partial charge in [-0.3, -0.25) is 4.79 Å². The summed E-state index contributed by atoms with van der Waals surface area (Å²) in [5, 5.41) is 12.1. The number of nitrogens with one attached hydrogen (secondary N) is 1. The molecule has 0 aliphatic carbocycles. The van der Waals surface area contributed by atoms with E-state index in [0.717, 1.165) is 16.8 Å². The van der Waals surface area contributed by atoms with Crippen LogP contribution in [0.25, 0.3) is 0 Å². The molecule has 6 heteroatoms. The van der Waals surface area contributed by atoms with Crippen LogP contribution in [0, 0.1) is 0 Å². The van der Waals surface area contributed by atoms with Crippen LogP contribution in [0.3, 0.4) is 0 Å². The Balaban J connectivity index is 1.88. The smallest absolute Gasteiger partial charge is 0.346 e. The van der Waals surface area contributed by atoms with Crippen LogP contribution in [0.15, 0.2) is 48.5 Å². The van der Waals surface area contributed by atoms with Crippen molar-refractivity contribution in [2.24, 2.45) is 0 Å². The van der Waals surface area contributed by atoms with Gasteiger partial charge in [0.05, 0.1) is 7.11 Å². The third-order valence-corrected chi connectivity index (χ3v) is 3.82. The molecule has 2 aromatic carbocycles. The second-order valence-corrected chi connectivity index (χ2v) is 5.87. The molecule has 0 aliphatic rings. The molecule has 0 saturated carbocycles. The van der Waals surface area contributed by atoms with Gasteiger partial charge in [-0.1, -0.05) is 24.3 Å². The first-order chi connectivity index (χ1) is 12.5. The van der Waals surface area contributed by atoms with Crippen LogP contribution in [0.1, 0.15) is 24.5 Å². The highest BCUT2D eigenvalue weighted by Gasteiger charge is 2.14. The molecule has 2 rings (SSSR count). The Morgan fingerprint density at radius 1 is 1.12 bits per heavy atom. The average Bonchev–Trinajstić information content (AvgIpc) is 2.65. The predicted molar refractivity (Wildman–Crippen MR) is 98.3 cm³/mol. The number of rotatable bonds is 9. The molecule has 0 saturated heterocycles. The molecule has 6 nitrogen and oxygen atoms in total. The van der Waals surface area contributed by atoms with Gasteiger partial charge in [-0.05, 0) is 48.7 Å². The molecule has 2 aromatic rings. The summed E-state index contributed by atoms with van der Waals surface area (Å²) in [4.78, 5) is 22.0. The molecule has 138 valence electrons. The summed E-state index contributed by atoms with van der Waals surface area (Å²) in [5.41, 5.74) is 2.98. The molecule has 0 spiro atoms. The predicted octanol–water partition coefficient (Wildman–Crippen LogP) is 3.26. The fourth-order valence-electron chi connectivity index (χ4n) is 2.40. The van der Waals surface area contributed by atoms with Crippen molar-refractivity contribution in [1.82, 2.24) is 0 Å². The highest BCUT2D eigenvalue weighted by molar-refractivity contribution is 5.74. The Kier molecular flexibility index (Phi) is 7.02. The van der Waals surface area contributed by atoms with Crippen LogP contribution >= 0.6 is 0 Å². The fraction of sp³-hybridized carbons (Fsp3) is 0.300. The molecule has 0 radical (unpaired) electrons. The lowest BCUT2D eigenvalue weighted by molar-refractivity contribution is -0.148. The molecule has 1 atom stereocenters. The van der Waals surface area contributed by atoms with Crippen molar-refractivity contribution in [2.75, 3.05) is 12.4 Å². The van der Waals surface area contributed by atoms with Gasteiger partial charge in [0.1, 0.15) is 5.75 Å². The van der Waals surface area contributed by atoms with Crippen molar-refractivity contribution in [3.63, 3.8) is 0 Å². The topological polar surface area (TPSA) is 84.9 Å². The van der Waals surface area contributed by atoms with Crippen molar-refractivity contribution in [2.45, 2.75) is 32.4 Å². The van der Waals surface area contributed by atoms with E-state index in [1.807, 2.05) is 36.4 Å². The van der Waals surface area contributed by atoms with Gasteiger partial charge in [0, 0.05) is 18.7 Å². The number of hydrogen-bond donors (Lipinski definition) is 2. The van der Waals surface area contributed by atoms with E-state index in [-0.39, 0.29) is 6.42 Å². The molecule has 1 unspecified atom stereocenters. The standard InChI is InChI=1S/C20H23NO5/c1-14(20(24)25-2)26-18-9-6-16(7-10-18)13-21-17-5-3-4-15(12-17)8-11-19(22)23/h3-7,9-10,12,14,21H,8,11,13H2,1-2H3,(H,22,23). The zero-order valence-corrected chi connectivity index (χ0v) is 14.9. The number of methoxy groups -OCH3 is 1. The number of carbonyl (C=O) groups excluding carboxylic acids is 1. The van der Waals surface area contributed by atoms with Gasteiger partial charge < -0.3 is 19.9 Å². The number of ether oxygens (including phenoxy) is 2. The van der Waals surface area contributed by atoms with Crippen molar-refractivity contribution < 1.29 is 24.2 Å². The lowest BCUT2D eigenvalue weighted by Crippen LogP contribution is -2.24. The van der Waals surface area contributed by atoms with Gasteiger partial charge in [0.2, 0.25) is 0 Å². The number of carboxylic acids is 1. The van der Waals surface area contributed by atoms with Gasteiger partial charge in [0.15, 0.2) is 6.10 Å². The monoisotopic (exact) mass is 357 g/mol. The number of esters is 1. The Morgan fingerprint density at radius 2 is 1.85 bits per heavy atom. The molecule has 0 bridgehead atoms. The van der Waals surface area contributed by atoms with Gasteiger partial charge >= 0.3 is 11.9 Å². The van der Waals surface area contributed by atoms with E-state index in [2.05, 4.69) is 10.1 Å². The Hall–Kier alpha value is -3.02. The Morgan fingerprint density at radius 3 is 2.50 bits per heavy atom. The van der Waals surface area contributed by atoms with Crippen molar-refractivity contribution in [3.8, 4) is 5.75 Å². The molecule has 0 heterocycles. The quantitative estimate of drug-likeness (QED) is 0.670. The largest absolute Gasteiger partial charge is 0.481 e. The zero-order chi connectivity index (χ0) is 18.9. The van der Waals surface area contributed by atoms with Crippen molar-refractivity contribution in [3.05, 3.63) is 59.7 Å². The maximum absolute atomic E-state index is 11.4. The summed E-state index contributed by atoms with van der Waals surface area (Å²) < 4.78 is 10.1. The minimum absolute atomic E-state index is 0.120. The zero-order valence-electron chi connectivity index (χ0n) is 14.9. The number of carboxylic acid groups (broad SMARTS) is 1. The van der Waals surface area contributed by atoms with Gasteiger partial charge in [-0.25, -0.2) is 4.79 Å². The maximum atomic E-state index is 11.4. The summed E-state index contributed by atoms with van der Waals surface area (Å²) in [6, 6.07) is 15.2. The lowest BCUT2D eigenvalue weighted by atomic mass is 10.1. The van der Waals surface area contributed by atoms with E-state index < -0.39 is 18.0 Å². The van der Waals surface area contributed by atoms with E-state index in [1.165, 1.54) is 7.11 Å². The third-order valence-electron chi connectivity index (χ3n) is 3.82. The van der Waals surface area contributed by atoms with E-state index in [9.17, 15) is 9.59 Å². The van der Waals surface area contributed by atoms with Crippen LogP contribution in [0.2, 0.25) is 0 Å². The molecule has 0 fully saturated rings. The van der Waals surface area contributed by atoms with E-state index in [0.29, 0.717) is 18.7 Å². The molecule has 26 heavy (non-hydrogen) atoms. The minimum atomic E-state index is -0.799. The van der Waals surface area contributed by atoms with Crippen molar-refractivity contribution in [1.29, 1.82) is 0 Å². The van der Waals surface area contributed by atoms with Crippen LogP contribution in [0.4, 0.5) is 5.69 Å². The number of anilines is 1. The summed E-state index contributed by atoms with van der Waals surface area (Å²) in [5.74, 6) is -0.618. The Labute approximate surface area is 152 Å². The minimum Gasteiger partial charge on any atom is -0.481 e. The number of aryl methyl sites for hydroxylation is 1. The average molecular weight is 357 g/mol. The molecule has 0 amide bonds. The van der Waals surface area contributed by atoms with E-state index in [1.54, 1.807) is 19.1 Å². The van der Waals surface area contributed by atoms with Crippen LogP contribution in [-0.4, -0.2) is 30.3 Å². The summed E-state index contributed by atoms with van der Waals surface area (Å²) in [6.07, 6.45) is -0.0259. The molecule has 0 aromatic heterocycles. The summed E-state index contributed by atoms with van der Waals surface area (Å²) in [6.45, 7) is 2.26. The first-order valence-electron chi connectivity index (χ1n) is 8.36. The summed E-state index contributed by atoms with van der Waals surface area (Å²) in [7, 11) is 1.33. The first-order valence-corrected chi connectivity index (χ1v) is 8.36. The molecular formula is C20H23NO5. The highest BCUT2D eigenvalue weighted by Crippen LogP contribution is 2.17. The fourth-order valence-corrected chi connectivity index (χ4v) is 2.40. The molecule has 0 aliphatic heterocycles. The van der Waals surface area contributed by atoms with Crippen LogP contribution < -0.4 is 10.1 Å². The second kappa shape index (κ2) is 9.46. The van der Waals surface area contributed by atoms with Gasteiger partial charge in [0.25, 0.3) is 0 Å². The number of benzene rings is 2. The molecule has 2 N–H and O–H groups in total. The van der Waals surface area contributed by atoms with E-state index in [4.69, 9.17) is 9.84 Å². The van der Waals surface area contributed by atoms with Gasteiger partial charge in [-0.15, -0.1) is 0 Å². The third kappa shape index (κ3) is 6.12. The highest BCUT2D eigenvalue weighted by atomic mass is 16.6. The van der Waals surface area contributed by atoms with Crippen LogP contribution in [0.5, 0.6) is 5.75 Å². The maximum Gasteiger partial charge on any atom is 0.346 e. The number of carbonyl (C=O) groups is 2. The second-order valence-electron chi connectivity index (χ2n) is 5.87. The normalized spacial score (nSPS) is 11.5. The van der Waals surface area contributed by atoms with Crippen molar-refractivity contribution >= 4 is 17.6 Å². The van der Waals surface area contributed by atoms with Crippen LogP contribution in [-0.2, 0) is 27.3 Å².